The van der Waals surface area contributed by atoms with Crippen LogP contribution in [0.25, 0.3) is 10.2 Å². The molecule has 31 heavy (non-hydrogen) atoms. The second-order valence-corrected chi connectivity index (χ2v) is 10.2. The fraction of sp³-hybridized carbons (Fsp3) is 0.375. The minimum atomic E-state index is -0.462. The maximum Gasteiger partial charge on any atom is 0.338 e. The van der Waals surface area contributed by atoms with Gasteiger partial charge in [-0.3, -0.25) is 4.79 Å². The number of ether oxygens (including phenoxy) is 1. The number of hydrogen-bond acceptors (Lipinski definition) is 6. The predicted octanol–water partition coefficient (Wildman–Crippen LogP) is 5.53. The average Bonchev–Trinajstić information content (AvgIpc) is 3.19. The minimum absolute atomic E-state index is 0.114. The molecule has 0 aliphatic carbocycles. The van der Waals surface area contributed by atoms with Crippen LogP contribution in [0.1, 0.15) is 49.0 Å². The summed E-state index contributed by atoms with van der Waals surface area (Å²) in [6.07, 6.45) is 3.14. The smallest absolute Gasteiger partial charge is 0.338 e. The van der Waals surface area contributed by atoms with Crippen molar-refractivity contribution in [2.75, 3.05) is 6.61 Å². The topological polar surface area (TPSA) is 59.5 Å². The lowest BCUT2D eigenvalue weighted by atomic mass is 9.97. The van der Waals surface area contributed by atoms with Crippen LogP contribution in [0.3, 0.4) is 0 Å². The van der Waals surface area contributed by atoms with Crippen molar-refractivity contribution in [1.82, 2.24) is 9.88 Å². The first-order valence-electron chi connectivity index (χ1n) is 10.6. The van der Waals surface area contributed by atoms with Gasteiger partial charge in [-0.25, -0.2) is 9.78 Å². The summed E-state index contributed by atoms with van der Waals surface area (Å²) in [6.45, 7) is 3.91. The van der Waals surface area contributed by atoms with E-state index in [1.807, 2.05) is 35.2 Å². The minimum Gasteiger partial charge on any atom is -0.452 e. The van der Waals surface area contributed by atoms with Crippen molar-refractivity contribution in [3.63, 3.8) is 0 Å². The highest BCUT2D eigenvalue weighted by atomic mass is 32.2. The van der Waals surface area contributed by atoms with E-state index in [9.17, 15) is 9.59 Å². The van der Waals surface area contributed by atoms with E-state index in [1.165, 1.54) is 4.70 Å². The van der Waals surface area contributed by atoms with Crippen LogP contribution in [-0.4, -0.2) is 40.5 Å². The normalized spacial score (nSPS) is 18.8. The number of likely N-dealkylation sites (tertiary alicyclic amines) is 1. The van der Waals surface area contributed by atoms with E-state index < -0.39 is 5.97 Å². The van der Waals surface area contributed by atoms with E-state index in [0.29, 0.717) is 5.56 Å². The molecule has 0 spiro atoms. The maximum absolute atomic E-state index is 12.5. The number of thiazole rings is 1. The Kier molecular flexibility index (Phi) is 6.92. The van der Waals surface area contributed by atoms with Gasteiger partial charge in [0.2, 0.25) is 0 Å². The first-order chi connectivity index (χ1) is 15.0. The molecule has 1 aliphatic heterocycles. The van der Waals surface area contributed by atoms with E-state index in [0.717, 1.165) is 40.4 Å². The van der Waals surface area contributed by atoms with Crippen molar-refractivity contribution in [3.8, 4) is 0 Å². The van der Waals surface area contributed by atoms with Gasteiger partial charge in [0, 0.05) is 17.8 Å². The number of aromatic nitrogens is 1. The zero-order valence-corrected chi connectivity index (χ0v) is 19.4. The number of carbonyl (C=O) groups excluding carboxylic acids is 2. The molecule has 7 heteroatoms. The number of fused-ring (bicyclic) bond motifs is 1. The SMILES string of the molecule is CC1CCCC(C)N1C(=O)COC(=O)c1ccc(CSc2nc3ccccc3s2)cc1. The highest BCUT2D eigenvalue weighted by molar-refractivity contribution is 8.00. The summed E-state index contributed by atoms with van der Waals surface area (Å²) in [7, 11) is 0. The lowest BCUT2D eigenvalue weighted by Gasteiger charge is -2.38. The zero-order chi connectivity index (χ0) is 21.8. The molecule has 162 valence electrons. The fourth-order valence-electron chi connectivity index (χ4n) is 3.99. The van der Waals surface area contributed by atoms with Crippen LogP contribution in [0.4, 0.5) is 0 Å². The molecule has 2 aromatic carbocycles. The number of thioether (sulfide) groups is 1. The maximum atomic E-state index is 12.5. The number of rotatable bonds is 6. The highest BCUT2D eigenvalue weighted by Crippen LogP contribution is 2.31. The number of carbonyl (C=O) groups is 2. The monoisotopic (exact) mass is 454 g/mol. The van der Waals surface area contributed by atoms with E-state index in [1.54, 1.807) is 35.2 Å². The third-order valence-electron chi connectivity index (χ3n) is 5.63. The molecular weight excluding hydrogens is 428 g/mol. The van der Waals surface area contributed by atoms with Crippen molar-refractivity contribution in [2.24, 2.45) is 0 Å². The quantitative estimate of drug-likeness (QED) is 0.362. The third-order valence-corrected chi connectivity index (χ3v) is 7.88. The number of hydrogen-bond donors (Lipinski definition) is 0. The molecule has 1 aromatic heterocycles. The Morgan fingerprint density at radius 1 is 1.10 bits per heavy atom. The Hall–Kier alpha value is -2.38. The van der Waals surface area contributed by atoms with Gasteiger partial charge in [-0.1, -0.05) is 36.0 Å². The Morgan fingerprint density at radius 3 is 2.52 bits per heavy atom. The molecule has 1 aliphatic rings. The van der Waals surface area contributed by atoms with Crippen LogP contribution >= 0.6 is 23.1 Å². The molecular formula is C24H26N2O3S2. The van der Waals surface area contributed by atoms with Gasteiger partial charge >= 0.3 is 5.97 Å². The molecule has 0 N–H and O–H groups in total. The Morgan fingerprint density at radius 2 is 1.81 bits per heavy atom. The van der Waals surface area contributed by atoms with Crippen molar-refractivity contribution in [2.45, 2.75) is 55.3 Å². The molecule has 3 aromatic rings. The van der Waals surface area contributed by atoms with Crippen molar-refractivity contribution < 1.29 is 14.3 Å². The van der Waals surface area contributed by atoms with Crippen LogP contribution < -0.4 is 0 Å². The van der Waals surface area contributed by atoms with Crippen LogP contribution in [0.2, 0.25) is 0 Å². The molecule has 2 heterocycles. The van der Waals surface area contributed by atoms with Crippen LogP contribution in [0.5, 0.6) is 0 Å². The number of nitrogens with zero attached hydrogens (tertiary/aromatic N) is 2. The summed E-state index contributed by atoms with van der Waals surface area (Å²) in [5.41, 5.74) is 2.59. The second-order valence-electron chi connectivity index (χ2n) is 7.94. The second kappa shape index (κ2) is 9.83. The number of piperidine rings is 1. The van der Waals surface area contributed by atoms with E-state index in [2.05, 4.69) is 24.9 Å². The largest absolute Gasteiger partial charge is 0.452 e. The van der Waals surface area contributed by atoms with Crippen LogP contribution in [0.15, 0.2) is 52.9 Å². The predicted molar refractivity (Wildman–Crippen MR) is 126 cm³/mol. The van der Waals surface area contributed by atoms with Crippen molar-refractivity contribution >= 4 is 45.2 Å². The van der Waals surface area contributed by atoms with E-state index >= 15 is 0 Å². The summed E-state index contributed by atoms with van der Waals surface area (Å²) >= 11 is 3.37. The lowest BCUT2D eigenvalue weighted by molar-refractivity contribution is -0.140. The molecule has 0 radical (unpaired) electrons. The van der Waals surface area contributed by atoms with Crippen LogP contribution in [-0.2, 0) is 15.3 Å². The highest BCUT2D eigenvalue weighted by Gasteiger charge is 2.29. The summed E-state index contributed by atoms with van der Waals surface area (Å²) < 4.78 is 7.52. The number of benzene rings is 2. The van der Waals surface area contributed by atoms with Gasteiger partial charge in [-0.2, -0.15) is 0 Å². The molecule has 1 saturated heterocycles. The first-order valence-corrected chi connectivity index (χ1v) is 12.4. The molecule has 5 nitrogen and oxygen atoms in total. The van der Waals surface area contributed by atoms with E-state index in [4.69, 9.17) is 4.74 Å². The third kappa shape index (κ3) is 5.28. The Bertz CT molecular complexity index is 1020. The van der Waals surface area contributed by atoms with Gasteiger partial charge in [0.1, 0.15) is 0 Å². The molecule has 0 saturated carbocycles. The first kappa shape index (κ1) is 21.8. The van der Waals surface area contributed by atoms with Gasteiger partial charge in [0.05, 0.1) is 15.8 Å². The van der Waals surface area contributed by atoms with Gasteiger partial charge in [0.25, 0.3) is 5.91 Å². The van der Waals surface area contributed by atoms with Crippen molar-refractivity contribution in [3.05, 3.63) is 59.7 Å². The lowest BCUT2D eigenvalue weighted by Crippen LogP contribution is -2.49. The van der Waals surface area contributed by atoms with Gasteiger partial charge in [0.15, 0.2) is 10.9 Å². The van der Waals surface area contributed by atoms with E-state index in [-0.39, 0.29) is 24.6 Å². The molecule has 2 unspecified atom stereocenters. The van der Waals surface area contributed by atoms with Gasteiger partial charge in [-0.05, 0) is 62.9 Å². The summed E-state index contributed by atoms with van der Waals surface area (Å²) in [6, 6.07) is 15.9. The molecule has 1 amide bonds. The standard InChI is InChI=1S/C24H26N2O3S2/c1-16-6-5-7-17(2)26(16)22(27)14-29-23(28)19-12-10-18(11-13-19)15-30-24-25-20-8-3-4-9-21(20)31-24/h3-4,8-13,16-17H,5-7,14-15H2,1-2H3. The molecule has 2 atom stereocenters. The molecule has 0 bridgehead atoms. The van der Waals surface area contributed by atoms with Gasteiger partial charge in [-0.15, -0.1) is 11.3 Å². The summed E-state index contributed by atoms with van der Waals surface area (Å²) in [5, 5.41) is 0. The molecule has 4 rings (SSSR count). The summed E-state index contributed by atoms with van der Waals surface area (Å²) in [5.74, 6) is 0.200. The Labute approximate surface area is 190 Å². The summed E-state index contributed by atoms with van der Waals surface area (Å²) in [4.78, 5) is 31.4. The number of amides is 1. The van der Waals surface area contributed by atoms with Crippen LogP contribution in [0, 0.1) is 0 Å². The fourth-order valence-corrected chi connectivity index (χ4v) is 6.02. The average molecular weight is 455 g/mol. The molecule has 1 fully saturated rings. The van der Waals surface area contributed by atoms with Crippen molar-refractivity contribution in [1.29, 1.82) is 0 Å². The number of esters is 1. The zero-order valence-electron chi connectivity index (χ0n) is 17.7. The Balaban J connectivity index is 1.29. The van der Waals surface area contributed by atoms with Gasteiger partial charge < -0.3 is 9.64 Å². The number of para-hydroxylation sites is 1.